The Morgan fingerprint density at radius 1 is 1.47 bits per heavy atom. The summed E-state index contributed by atoms with van der Waals surface area (Å²) in [7, 11) is 3.63. The average molecular weight is 329 g/mol. The van der Waals surface area contributed by atoms with Crippen molar-refractivity contribution in [3.8, 4) is 0 Å². The van der Waals surface area contributed by atoms with Crippen molar-refractivity contribution in [1.29, 1.82) is 0 Å². The van der Waals surface area contributed by atoms with Gasteiger partial charge in [-0.15, -0.1) is 0 Å². The summed E-state index contributed by atoms with van der Waals surface area (Å²) in [6.07, 6.45) is 0.916. The van der Waals surface area contributed by atoms with Gasteiger partial charge < -0.3 is 10.1 Å². The largest absolute Gasteiger partial charge is 0.385 e. The lowest BCUT2D eigenvalue weighted by atomic mass is 10.2. The first-order valence-electron chi connectivity index (χ1n) is 6.31. The molecular formula is C14H21BrN2O2. The van der Waals surface area contributed by atoms with E-state index in [2.05, 4.69) is 21.2 Å². The van der Waals surface area contributed by atoms with Gasteiger partial charge in [-0.25, -0.2) is 0 Å². The van der Waals surface area contributed by atoms with Gasteiger partial charge in [-0.3, -0.25) is 9.69 Å². The van der Waals surface area contributed by atoms with E-state index < -0.39 is 0 Å². The van der Waals surface area contributed by atoms with E-state index >= 15 is 0 Å². The number of nitrogens with one attached hydrogen (secondary N) is 1. The highest BCUT2D eigenvalue weighted by atomic mass is 79.9. The lowest BCUT2D eigenvalue weighted by Gasteiger charge is -2.23. The number of hydrogen-bond acceptors (Lipinski definition) is 3. The van der Waals surface area contributed by atoms with E-state index in [1.54, 1.807) is 7.11 Å². The molecule has 0 aliphatic carbocycles. The van der Waals surface area contributed by atoms with Crippen LogP contribution in [0.25, 0.3) is 0 Å². The van der Waals surface area contributed by atoms with E-state index in [1.807, 2.05) is 43.1 Å². The van der Waals surface area contributed by atoms with Crippen LogP contribution in [-0.4, -0.2) is 44.2 Å². The second-order valence-corrected chi connectivity index (χ2v) is 5.33. The van der Waals surface area contributed by atoms with Gasteiger partial charge in [0.2, 0.25) is 5.91 Å². The molecule has 1 unspecified atom stereocenters. The Morgan fingerprint density at radius 3 is 2.79 bits per heavy atom. The van der Waals surface area contributed by atoms with Crippen molar-refractivity contribution < 1.29 is 9.53 Å². The highest BCUT2D eigenvalue weighted by Crippen LogP contribution is 2.21. The molecule has 1 aromatic carbocycles. The number of rotatable bonds is 7. The third-order valence-electron chi connectivity index (χ3n) is 3.03. The number of nitrogens with zero attached hydrogens (tertiary/aromatic N) is 1. The van der Waals surface area contributed by atoms with Crippen LogP contribution in [0, 0.1) is 0 Å². The summed E-state index contributed by atoms with van der Waals surface area (Å²) in [5, 5.41) is 2.92. The SMILES string of the molecule is COCCCN(C)C(C)C(=O)Nc1ccccc1Br. The third-order valence-corrected chi connectivity index (χ3v) is 3.72. The van der Waals surface area contributed by atoms with Gasteiger partial charge in [0, 0.05) is 24.7 Å². The minimum absolute atomic E-state index is 0.00758. The molecule has 0 aromatic heterocycles. The van der Waals surface area contributed by atoms with Gasteiger partial charge in [0.15, 0.2) is 0 Å². The maximum absolute atomic E-state index is 12.1. The van der Waals surface area contributed by atoms with Crippen molar-refractivity contribution in [3.05, 3.63) is 28.7 Å². The number of benzene rings is 1. The van der Waals surface area contributed by atoms with Gasteiger partial charge in [-0.2, -0.15) is 0 Å². The quantitative estimate of drug-likeness (QED) is 0.782. The Labute approximate surface area is 123 Å². The van der Waals surface area contributed by atoms with Crippen LogP contribution in [-0.2, 0) is 9.53 Å². The number of hydrogen-bond donors (Lipinski definition) is 1. The molecule has 1 aromatic rings. The standard InChI is InChI=1S/C14H21BrN2O2/c1-11(17(2)9-6-10-19-3)14(18)16-13-8-5-4-7-12(13)15/h4-5,7-8,11H,6,9-10H2,1-3H3,(H,16,18). The Balaban J connectivity index is 2.50. The number of methoxy groups -OCH3 is 1. The smallest absolute Gasteiger partial charge is 0.241 e. The molecule has 0 bridgehead atoms. The fraction of sp³-hybridized carbons (Fsp3) is 0.500. The van der Waals surface area contributed by atoms with Crippen LogP contribution in [0.5, 0.6) is 0 Å². The van der Waals surface area contributed by atoms with Gasteiger partial charge in [-0.05, 0) is 48.5 Å². The van der Waals surface area contributed by atoms with E-state index in [0.717, 1.165) is 23.1 Å². The zero-order valence-corrected chi connectivity index (χ0v) is 13.2. The molecule has 0 aliphatic rings. The van der Waals surface area contributed by atoms with Crippen LogP contribution >= 0.6 is 15.9 Å². The third kappa shape index (κ3) is 5.30. The van der Waals surface area contributed by atoms with E-state index in [0.29, 0.717) is 6.61 Å². The molecule has 1 amide bonds. The lowest BCUT2D eigenvalue weighted by Crippen LogP contribution is -2.40. The van der Waals surface area contributed by atoms with E-state index in [4.69, 9.17) is 4.74 Å². The number of amides is 1. The zero-order chi connectivity index (χ0) is 14.3. The average Bonchev–Trinajstić information content (AvgIpc) is 2.40. The van der Waals surface area contributed by atoms with Crippen molar-refractivity contribution in [2.24, 2.45) is 0 Å². The predicted molar refractivity (Wildman–Crippen MR) is 81.4 cm³/mol. The van der Waals surface area contributed by atoms with E-state index in [-0.39, 0.29) is 11.9 Å². The van der Waals surface area contributed by atoms with Crippen molar-refractivity contribution >= 4 is 27.5 Å². The minimum atomic E-state index is -0.177. The number of anilines is 1. The summed E-state index contributed by atoms with van der Waals surface area (Å²) >= 11 is 3.42. The highest BCUT2D eigenvalue weighted by molar-refractivity contribution is 9.10. The Morgan fingerprint density at radius 2 is 2.16 bits per heavy atom. The van der Waals surface area contributed by atoms with Gasteiger partial charge in [0.05, 0.1) is 11.7 Å². The molecule has 1 N–H and O–H groups in total. The summed E-state index contributed by atoms with van der Waals surface area (Å²) < 4.78 is 5.90. The maximum Gasteiger partial charge on any atom is 0.241 e. The molecule has 0 aliphatic heterocycles. The number of carbonyl (C=O) groups is 1. The Kier molecular flexibility index (Phi) is 7.05. The molecule has 0 heterocycles. The van der Waals surface area contributed by atoms with E-state index in [1.165, 1.54) is 0 Å². The summed E-state index contributed by atoms with van der Waals surface area (Å²) in [5.41, 5.74) is 0.796. The second kappa shape index (κ2) is 8.30. The monoisotopic (exact) mass is 328 g/mol. The summed E-state index contributed by atoms with van der Waals surface area (Å²) in [5.74, 6) is -0.00758. The van der Waals surface area contributed by atoms with Gasteiger partial charge in [0.25, 0.3) is 0 Å². The molecule has 1 atom stereocenters. The van der Waals surface area contributed by atoms with E-state index in [9.17, 15) is 4.79 Å². The molecule has 0 radical (unpaired) electrons. The Bertz CT molecular complexity index is 412. The summed E-state index contributed by atoms with van der Waals surface area (Å²) in [6, 6.07) is 7.42. The molecule has 0 fully saturated rings. The molecule has 0 saturated heterocycles. The van der Waals surface area contributed by atoms with Gasteiger partial charge in [0.1, 0.15) is 0 Å². The minimum Gasteiger partial charge on any atom is -0.385 e. The van der Waals surface area contributed by atoms with Crippen LogP contribution in [0.1, 0.15) is 13.3 Å². The Hall–Kier alpha value is -0.910. The van der Waals surface area contributed by atoms with Crippen LogP contribution in [0.2, 0.25) is 0 Å². The molecule has 1 rings (SSSR count). The molecule has 19 heavy (non-hydrogen) atoms. The number of para-hydroxylation sites is 1. The van der Waals surface area contributed by atoms with Crippen molar-refractivity contribution in [1.82, 2.24) is 4.90 Å². The van der Waals surface area contributed by atoms with Crippen LogP contribution in [0.3, 0.4) is 0 Å². The highest BCUT2D eigenvalue weighted by Gasteiger charge is 2.18. The second-order valence-electron chi connectivity index (χ2n) is 4.47. The fourth-order valence-electron chi connectivity index (χ4n) is 1.65. The van der Waals surface area contributed by atoms with Gasteiger partial charge in [-0.1, -0.05) is 12.1 Å². The van der Waals surface area contributed by atoms with Crippen molar-refractivity contribution in [2.75, 3.05) is 32.6 Å². The number of carbonyl (C=O) groups excluding carboxylic acids is 1. The number of likely N-dealkylation sites (N-methyl/N-ethyl adjacent to an activating group) is 1. The van der Waals surface area contributed by atoms with Crippen molar-refractivity contribution in [2.45, 2.75) is 19.4 Å². The first kappa shape index (κ1) is 16.1. The maximum atomic E-state index is 12.1. The molecule has 106 valence electrons. The molecular weight excluding hydrogens is 308 g/mol. The summed E-state index contributed by atoms with van der Waals surface area (Å²) in [4.78, 5) is 14.2. The molecule has 5 heteroatoms. The topological polar surface area (TPSA) is 41.6 Å². The van der Waals surface area contributed by atoms with Crippen LogP contribution < -0.4 is 5.32 Å². The number of halogens is 1. The first-order valence-corrected chi connectivity index (χ1v) is 7.10. The van der Waals surface area contributed by atoms with Gasteiger partial charge >= 0.3 is 0 Å². The van der Waals surface area contributed by atoms with Crippen LogP contribution in [0.4, 0.5) is 5.69 Å². The fourth-order valence-corrected chi connectivity index (χ4v) is 2.04. The normalized spacial score (nSPS) is 12.5. The zero-order valence-electron chi connectivity index (χ0n) is 11.6. The summed E-state index contributed by atoms with van der Waals surface area (Å²) in [6.45, 7) is 3.44. The molecule has 0 saturated carbocycles. The van der Waals surface area contributed by atoms with Crippen molar-refractivity contribution in [3.63, 3.8) is 0 Å². The molecule has 4 nitrogen and oxygen atoms in total. The predicted octanol–water partition coefficient (Wildman–Crippen LogP) is 2.74. The number of ether oxygens (including phenoxy) is 1. The lowest BCUT2D eigenvalue weighted by molar-refractivity contribution is -0.120. The van der Waals surface area contributed by atoms with Crippen LogP contribution in [0.15, 0.2) is 28.7 Å². The first-order chi connectivity index (χ1) is 9.06. The molecule has 0 spiro atoms.